The van der Waals surface area contributed by atoms with Gasteiger partial charge in [-0.15, -0.1) is 23.2 Å². The van der Waals surface area contributed by atoms with E-state index in [9.17, 15) is 0 Å². The van der Waals surface area contributed by atoms with Gasteiger partial charge in [0, 0.05) is 11.8 Å². The summed E-state index contributed by atoms with van der Waals surface area (Å²) in [6.45, 7) is 3.13. The SMILES string of the molecule is C=CCl.ClCCCCl. The quantitative estimate of drug-likeness (QED) is 0.565. The summed E-state index contributed by atoms with van der Waals surface area (Å²) in [7, 11) is 0. The smallest absolute Gasteiger partial charge is 0.0234 e. The van der Waals surface area contributed by atoms with Gasteiger partial charge in [-0.05, 0) is 12.0 Å². The minimum absolute atomic E-state index is 0.684. The van der Waals surface area contributed by atoms with E-state index in [1.807, 2.05) is 0 Å². The van der Waals surface area contributed by atoms with Crippen molar-refractivity contribution in [2.45, 2.75) is 6.42 Å². The number of hydrogen-bond acceptors (Lipinski definition) is 0. The van der Waals surface area contributed by atoms with Crippen LogP contribution in [0.3, 0.4) is 0 Å². The summed E-state index contributed by atoms with van der Waals surface area (Å²) in [6, 6.07) is 0. The molecular weight excluding hydrogens is 166 g/mol. The predicted molar refractivity (Wildman–Crippen MR) is 42.1 cm³/mol. The van der Waals surface area contributed by atoms with Gasteiger partial charge >= 0.3 is 0 Å². The van der Waals surface area contributed by atoms with E-state index in [1.165, 1.54) is 5.54 Å². The van der Waals surface area contributed by atoms with Gasteiger partial charge in [-0.1, -0.05) is 18.2 Å². The van der Waals surface area contributed by atoms with E-state index in [-0.39, 0.29) is 0 Å². The van der Waals surface area contributed by atoms with Crippen LogP contribution in [0.1, 0.15) is 6.42 Å². The fourth-order valence-corrected chi connectivity index (χ4v) is 0.455. The van der Waals surface area contributed by atoms with Crippen molar-refractivity contribution in [1.82, 2.24) is 0 Å². The first-order valence-electron chi connectivity index (χ1n) is 2.16. The van der Waals surface area contributed by atoms with Crippen LogP contribution in [0.5, 0.6) is 0 Å². The van der Waals surface area contributed by atoms with Crippen LogP contribution in [-0.4, -0.2) is 11.8 Å². The van der Waals surface area contributed by atoms with E-state index < -0.39 is 0 Å². The van der Waals surface area contributed by atoms with Crippen LogP contribution in [-0.2, 0) is 0 Å². The Hall–Kier alpha value is 0.610. The monoisotopic (exact) mass is 174 g/mol. The lowest BCUT2D eigenvalue weighted by atomic mass is 10.6. The first kappa shape index (κ1) is 11.4. The highest BCUT2D eigenvalue weighted by molar-refractivity contribution is 6.25. The molecule has 0 aromatic heterocycles. The third-order valence-corrected chi connectivity index (χ3v) is 0.802. The zero-order valence-corrected chi connectivity index (χ0v) is 6.81. The van der Waals surface area contributed by atoms with E-state index in [0.29, 0.717) is 11.8 Å². The number of alkyl halides is 2. The molecule has 0 aliphatic carbocycles. The van der Waals surface area contributed by atoms with Crippen LogP contribution in [0.25, 0.3) is 0 Å². The molecule has 0 saturated carbocycles. The molecule has 3 heteroatoms. The maximum atomic E-state index is 5.22. The molecule has 0 aliphatic heterocycles. The highest BCUT2D eigenvalue weighted by Gasteiger charge is 1.72. The average Bonchev–Trinajstić information content (AvgIpc) is 1.71. The number of hydrogen-bond donors (Lipinski definition) is 0. The van der Waals surface area contributed by atoms with E-state index in [4.69, 9.17) is 34.8 Å². The van der Waals surface area contributed by atoms with Crippen molar-refractivity contribution in [2.75, 3.05) is 11.8 Å². The fourth-order valence-electron chi connectivity index (χ4n) is 0.0505. The molecule has 0 aliphatic rings. The molecule has 0 bridgehead atoms. The Balaban J connectivity index is 0. The summed E-state index contributed by atoms with van der Waals surface area (Å²) >= 11 is 15.2. The standard InChI is InChI=1S/C3H6Cl2.C2H3Cl/c4-2-1-3-5;1-2-3/h1-3H2;2H,1H2. The lowest BCUT2D eigenvalue weighted by molar-refractivity contribution is 1.11. The van der Waals surface area contributed by atoms with Crippen molar-refractivity contribution in [3.8, 4) is 0 Å². The fraction of sp³-hybridized carbons (Fsp3) is 0.600. The lowest BCUT2D eigenvalue weighted by Gasteiger charge is -1.75. The van der Waals surface area contributed by atoms with Crippen molar-refractivity contribution in [2.24, 2.45) is 0 Å². The predicted octanol–water partition coefficient (Wildman–Crippen LogP) is 3.22. The van der Waals surface area contributed by atoms with Gasteiger partial charge in [0.1, 0.15) is 0 Å². The molecule has 0 rings (SSSR count). The van der Waals surface area contributed by atoms with Crippen LogP contribution in [0, 0.1) is 0 Å². The van der Waals surface area contributed by atoms with Crippen molar-refractivity contribution < 1.29 is 0 Å². The van der Waals surface area contributed by atoms with Gasteiger partial charge in [-0.3, -0.25) is 0 Å². The number of rotatable bonds is 2. The van der Waals surface area contributed by atoms with Gasteiger partial charge in [0.25, 0.3) is 0 Å². The first-order chi connectivity index (χ1) is 3.83. The van der Waals surface area contributed by atoms with Gasteiger partial charge in [0.05, 0.1) is 0 Å². The summed E-state index contributed by atoms with van der Waals surface area (Å²) in [6.07, 6.45) is 0.920. The molecule has 0 nitrogen and oxygen atoms in total. The summed E-state index contributed by atoms with van der Waals surface area (Å²) in [5, 5.41) is 0. The molecule has 0 N–H and O–H groups in total. The number of halogens is 3. The Morgan fingerprint density at radius 2 is 1.50 bits per heavy atom. The van der Waals surface area contributed by atoms with Crippen molar-refractivity contribution >= 4 is 34.8 Å². The molecule has 0 heterocycles. The topological polar surface area (TPSA) is 0 Å². The van der Waals surface area contributed by atoms with Crippen LogP contribution in [0.2, 0.25) is 0 Å². The third-order valence-electron chi connectivity index (χ3n) is 0.267. The molecular formula is C5H9Cl3. The maximum Gasteiger partial charge on any atom is 0.0234 e. The molecule has 0 saturated heterocycles. The summed E-state index contributed by atoms with van der Waals surface area (Å²) in [5.74, 6) is 1.37. The molecule has 0 spiro atoms. The molecule has 8 heavy (non-hydrogen) atoms. The van der Waals surface area contributed by atoms with Crippen LogP contribution in [0.15, 0.2) is 12.1 Å². The van der Waals surface area contributed by atoms with E-state index in [2.05, 4.69) is 6.58 Å². The Kier molecular flexibility index (Phi) is 22.3. The minimum atomic E-state index is 0.684. The molecule has 0 aromatic carbocycles. The summed E-state index contributed by atoms with van der Waals surface area (Å²) in [4.78, 5) is 0. The Morgan fingerprint density at radius 1 is 1.25 bits per heavy atom. The molecule has 50 valence electrons. The molecule has 0 fully saturated rings. The Morgan fingerprint density at radius 3 is 1.50 bits per heavy atom. The van der Waals surface area contributed by atoms with E-state index in [1.54, 1.807) is 0 Å². The highest BCUT2D eigenvalue weighted by Crippen LogP contribution is 1.84. The van der Waals surface area contributed by atoms with E-state index >= 15 is 0 Å². The largest absolute Gasteiger partial charge is 0.127 e. The molecule has 0 unspecified atom stereocenters. The maximum absolute atomic E-state index is 5.22. The second-order valence-corrected chi connectivity index (χ2v) is 1.95. The Labute approximate surface area is 65.4 Å². The molecule has 0 aromatic rings. The van der Waals surface area contributed by atoms with Gasteiger partial charge in [0.15, 0.2) is 0 Å². The van der Waals surface area contributed by atoms with Crippen molar-refractivity contribution in [3.05, 3.63) is 12.1 Å². The minimum Gasteiger partial charge on any atom is -0.127 e. The summed E-state index contributed by atoms with van der Waals surface area (Å²) < 4.78 is 0. The van der Waals surface area contributed by atoms with E-state index in [0.717, 1.165) is 6.42 Å². The van der Waals surface area contributed by atoms with Crippen LogP contribution < -0.4 is 0 Å². The van der Waals surface area contributed by atoms with Crippen LogP contribution >= 0.6 is 34.8 Å². The third kappa shape index (κ3) is 30.5. The van der Waals surface area contributed by atoms with Gasteiger partial charge < -0.3 is 0 Å². The lowest BCUT2D eigenvalue weighted by Crippen LogP contribution is -1.70. The van der Waals surface area contributed by atoms with Gasteiger partial charge in [-0.2, -0.15) is 0 Å². The van der Waals surface area contributed by atoms with Gasteiger partial charge in [0.2, 0.25) is 0 Å². The molecule has 0 radical (unpaired) electrons. The zero-order chi connectivity index (χ0) is 6.83. The van der Waals surface area contributed by atoms with Gasteiger partial charge in [-0.25, -0.2) is 0 Å². The second-order valence-electron chi connectivity index (χ2n) is 0.886. The highest BCUT2D eigenvalue weighted by atomic mass is 35.5. The molecule has 0 amide bonds. The molecule has 0 atom stereocenters. The first-order valence-corrected chi connectivity index (χ1v) is 3.67. The summed E-state index contributed by atoms with van der Waals surface area (Å²) in [5.41, 5.74) is 1.22. The Bertz CT molecular complexity index is 34.7. The zero-order valence-electron chi connectivity index (χ0n) is 4.54. The van der Waals surface area contributed by atoms with Crippen molar-refractivity contribution in [1.29, 1.82) is 0 Å². The van der Waals surface area contributed by atoms with Crippen LogP contribution in [0.4, 0.5) is 0 Å². The average molecular weight is 175 g/mol. The normalized spacial score (nSPS) is 6.88. The van der Waals surface area contributed by atoms with Crippen molar-refractivity contribution in [3.63, 3.8) is 0 Å². The second kappa shape index (κ2) is 15.6.